The van der Waals surface area contributed by atoms with E-state index in [9.17, 15) is 4.79 Å². The summed E-state index contributed by atoms with van der Waals surface area (Å²) in [5, 5.41) is 3.28. The molecule has 0 fully saturated rings. The molecule has 1 aromatic rings. The number of rotatable bonds is 2. The average Bonchev–Trinajstić information content (AvgIpc) is 2.25. The SMILES string of the molecule is CC(=O)c1cccc(C#CCN=[N+]=[N-])c1. The monoisotopic (exact) mass is 199 g/mol. The third kappa shape index (κ3) is 3.55. The predicted octanol–water partition coefficient (Wildman–Crippen LogP) is 2.55. The lowest BCUT2D eigenvalue weighted by Crippen LogP contribution is -1.91. The Morgan fingerprint density at radius 2 is 2.40 bits per heavy atom. The highest BCUT2D eigenvalue weighted by Gasteiger charge is 1.97. The molecule has 0 spiro atoms. The molecule has 0 aliphatic rings. The molecule has 0 aliphatic carbocycles. The maximum Gasteiger partial charge on any atom is 0.159 e. The summed E-state index contributed by atoms with van der Waals surface area (Å²) in [5.41, 5.74) is 9.40. The first-order chi connectivity index (χ1) is 7.24. The molecule has 0 aromatic heterocycles. The molecule has 0 unspecified atom stereocenters. The van der Waals surface area contributed by atoms with Crippen LogP contribution < -0.4 is 0 Å². The second-order valence-corrected chi connectivity index (χ2v) is 2.83. The Labute approximate surface area is 87.6 Å². The molecule has 0 N–H and O–H groups in total. The second-order valence-electron chi connectivity index (χ2n) is 2.83. The summed E-state index contributed by atoms with van der Waals surface area (Å²) in [4.78, 5) is 13.6. The number of nitrogens with zero attached hydrogens (tertiary/aromatic N) is 3. The molecule has 4 heteroatoms. The fourth-order valence-corrected chi connectivity index (χ4v) is 1.02. The van der Waals surface area contributed by atoms with Crippen molar-refractivity contribution >= 4 is 5.78 Å². The van der Waals surface area contributed by atoms with Gasteiger partial charge in [-0.25, -0.2) is 0 Å². The normalized spacial score (nSPS) is 8.33. The van der Waals surface area contributed by atoms with E-state index in [0.717, 1.165) is 5.56 Å². The Morgan fingerprint density at radius 1 is 1.60 bits per heavy atom. The van der Waals surface area contributed by atoms with Crippen LogP contribution in [0.1, 0.15) is 22.8 Å². The summed E-state index contributed by atoms with van der Waals surface area (Å²) in [6.45, 7) is 1.65. The molecule has 0 saturated heterocycles. The number of azide groups is 1. The standard InChI is InChI=1S/C11H9N3O/c1-9(15)11-6-2-4-10(8-11)5-3-7-13-14-12/h2,4,6,8H,7H2,1H3. The van der Waals surface area contributed by atoms with Gasteiger partial charge in [-0.3, -0.25) is 4.79 Å². The molecule has 0 saturated carbocycles. The van der Waals surface area contributed by atoms with Crippen LogP contribution in [-0.4, -0.2) is 12.3 Å². The number of ketones is 1. The van der Waals surface area contributed by atoms with E-state index < -0.39 is 0 Å². The van der Waals surface area contributed by atoms with Crippen LogP contribution >= 0.6 is 0 Å². The first-order valence-electron chi connectivity index (χ1n) is 4.35. The molecule has 0 amide bonds. The molecule has 1 rings (SSSR count). The molecule has 4 nitrogen and oxygen atoms in total. The van der Waals surface area contributed by atoms with E-state index in [1.807, 2.05) is 0 Å². The Hall–Kier alpha value is -2.24. The fourth-order valence-electron chi connectivity index (χ4n) is 1.02. The van der Waals surface area contributed by atoms with Gasteiger partial charge in [-0.2, -0.15) is 0 Å². The predicted molar refractivity (Wildman–Crippen MR) is 57.3 cm³/mol. The van der Waals surface area contributed by atoms with Crippen LogP contribution in [0, 0.1) is 11.8 Å². The van der Waals surface area contributed by atoms with Gasteiger partial charge in [0.2, 0.25) is 0 Å². The number of carbonyl (C=O) groups is 1. The number of hydrogen-bond donors (Lipinski definition) is 0. The third-order valence-corrected chi connectivity index (χ3v) is 1.71. The van der Waals surface area contributed by atoms with Gasteiger partial charge in [-0.1, -0.05) is 29.1 Å². The lowest BCUT2D eigenvalue weighted by atomic mass is 10.1. The molecule has 0 aliphatic heterocycles. The van der Waals surface area contributed by atoms with E-state index in [0.29, 0.717) is 5.56 Å². The molecule has 0 radical (unpaired) electrons. The van der Waals surface area contributed by atoms with E-state index in [1.165, 1.54) is 6.92 Å². The Balaban J connectivity index is 2.84. The van der Waals surface area contributed by atoms with Crippen molar-refractivity contribution in [3.8, 4) is 11.8 Å². The van der Waals surface area contributed by atoms with E-state index >= 15 is 0 Å². The number of hydrogen-bond acceptors (Lipinski definition) is 2. The number of Topliss-reactive ketones (excluding diaryl/α,β-unsaturated/α-hetero) is 1. The Bertz CT molecular complexity index is 476. The smallest absolute Gasteiger partial charge is 0.159 e. The summed E-state index contributed by atoms with van der Waals surface area (Å²) in [5.74, 6) is 5.50. The molecule has 0 atom stereocenters. The van der Waals surface area contributed by atoms with Crippen LogP contribution in [0.15, 0.2) is 29.4 Å². The first-order valence-corrected chi connectivity index (χ1v) is 4.35. The molecule has 15 heavy (non-hydrogen) atoms. The topological polar surface area (TPSA) is 65.8 Å². The van der Waals surface area contributed by atoms with Crippen LogP contribution in [0.3, 0.4) is 0 Å². The van der Waals surface area contributed by atoms with Crippen LogP contribution in [0.25, 0.3) is 10.4 Å². The van der Waals surface area contributed by atoms with Gasteiger partial charge in [0.1, 0.15) is 0 Å². The van der Waals surface area contributed by atoms with Crippen molar-refractivity contribution in [2.75, 3.05) is 6.54 Å². The van der Waals surface area contributed by atoms with Gasteiger partial charge in [0, 0.05) is 16.0 Å². The van der Waals surface area contributed by atoms with Crippen molar-refractivity contribution in [2.45, 2.75) is 6.92 Å². The van der Waals surface area contributed by atoms with Crippen molar-refractivity contribution in [2.24, 2.45) is 5.11 Å². The Kier molecular flexibility index (Phi) is 3.96. The lowest BCUT2D eigenvalue weighted by molar-refractivity contribution is 0.101. The van der Waals surface area contributed by atoms with Gasteiger partial charge < -0.3 is 0 Å². The van der Waals surface area contributed by atoms with Gasteiger partial charge in [0.25, 0.3) is 0 Å². The van der Waals surface area contributed by atoms with Crippen LogP contribution in [-0.2, 0) is 0 Å². The van der Waals surface area contributed by atoms with Crippen molar-refractivity contribution in [3.05, 3.63) is 45.8 Å². The third-order valence-electron chi connectivity index (χ3n) is 1.71. The van der Waals surface area contributed by atoms with Crippen molar-refractivity contribution in [1.82, 2.24) is 0 Å². The van der Waals surface area contributed by atoms with Gasteiger partial charge >= 0.3 is 0 Å². The zero-order valence-electron chi connectivity index (χ0n) is 8.27. The lowest BCUT2D eigenvalue weighted by Gasteiger charge is -1.94. The van der Waals surface area contributed by atoms with Crippen LogP contribution in [0.5, 0.6) is 0 Å². The molecular formula is C11H9N3O. The molecule has 0 heterocycles. The van der Waals surface area contributed by atoms with Crippen molar-refractivity contribution in [3.63, 3.8) is 0 Å². The summed E-state index contributed by atoms with van der Waals surface area (Å²) in [7, 11) is 0. The average molecular weight is 199 g/mol. The minimum absolute atomic E-state index is 0.00805. The zero-order valence-corrected chi connectivity index (χ0v) is 8.27. The van der Waals surface area contributed by atoms with E-state index in [1.54, 1.807) is 24.3 Å². The maximum absolute atomic E-state index is 11.1. The minimum Gasteiger partial charge on any atom is -0.295 e. The quantitative estimate of drug-likeness (QED) is 0.237. The highest BCUT2D eigenvalue weighted by atomic mass is 16.1. The van der Waals surface area contributed by atoms with Crippen molar-refractivity contribution < 1.29 is 4.79 Å². The number of carbonyl (C=O) groups excluding carboxylic acids is 1. The fraction of sp³-hybridized carbons (Fsp3) is 0.182. The van der Waals surface area contributed by atoms with Gasteiger partial charge in [0.15, 0.2) is 5.78 Å². The molecule has 0 bridgehead atoms. The van der Waals surface area contributed by atoms with Crippen LogP contribution in [0.4, 0.5) is 0 Å². The number of benzene rings is 1. The molecule has 1 aromatic carbocycles. The summed E-state index contributed by atoms with van der Waals surface area (Å²) in [6, 6.07) is 7.02. The van der Waals surface area contributed by atoms with E-state index in [-0.39, 0.29) is 12.3 Å². The van der Waals surface area contributed by atoms with E-state index in [2.05, 4.69) is 21.9 Å². The van der Waals surface area contributed by atoms with E-state index in [4.69, 9.17) is 5.53 Å². The minimum atomic E-state index is 0.00805. The highest BCUT2D eigenvalue weighted by Crippen LogP contribution is 2.04. The summed E-state index contributed by atoms with van der Waals surface area (Å²) in [6.07, 6.45) is 0. The van der Waals surface area contributed by atoms with Crippen LogP contribution in [0.2, 0.25) is 0 Å². The second kappa shape index (κ2) is 5.48. The molecule has 74 valence electrons. The Morgan fingerprint density at radius 3 is 3.07 bits per heavy atom. The van der Waals surface area contributed by atoms with Gasteiger partial charge in [-0.05, 0) is 24.6 Å². The summed E-state index contributed by atoms with van der Waals surface area (Å²) >= 11 is 0. The first kappa shape index (κ1) is 10.8. The van der Waals surface area contributed by atoms with Crippen molar-refractivity contribution in [1.29, 1.82) is 0 Å². The zero-order chi connectivity index (χ0) is 11.1. The van der Waals surface area contributed by atoms with Gasteiger partial charge in [0.05, 0.1) is 6.54 Å². The summed E-state index contributed by atoms with van der Waals surface area (Å²) < 4.78 is 0. The van der Waals surface area contributed by atoms with Gasteiger partial charge in [-0.15, -0.1) is 0 Å². The largest absolute Gasteiger partial charge is 0.295 e. The highest BCUT2D eigenvalue weighted by molar-refractivity contribution is 5.94. The maximum atomic E-state index is 11.1. The molecular weight excluding hydrogens is 190 g/mol.